The minimum absolute atomic E-state index is 1.23. The molecule has 0 aliphatic carbocycles. The topological polar surface area (TPSA) is 8.81 Å². The number of nitrogens with zero attached hydrogens (tertiary/aromatic N) is 2. The van der Waals surface area contributed by atoms with E-state index in [9.17, 15) is 0 Å². The van der Waals surface area contributed by atoms with E-state index in [1.54, 1.807) is 5.82 Å². The fourth-order valence-electron chi connectivity index (χ4n) is 6.68. The third-order valence-corrected chi connectivity index (χ3v) is 9.60. The van der Waals surface area contributed by atoms with Crippen LogP contribution in [0.25, 0.3) is 0 Å². The van der Waals surface area contributed by atoms with Crippen LogP contribution in [-0.2, 0) is 19.5 Å². The number of aryl methyl sites for hydroxylation is 2. The highest BCUT2D eigenvalue weighted by Crippen LogP contribution is 2.15. The summed E-state index contributed by atoms with van der Waals surface area (Å²) in [5.41, 5.74) is 0. The minimum atomic E-state index is 1.23. The van der Waals surface area contributed by atoms with Gasteiger partial charge >= 0.3 is 0 Å². The number of imidazole rings is 1. The van der Waals surface area contributed by atoms with Crippen LogP contribution in [0.1, 0.15) is 226 Å². The van der Waals surface area contributed by atoms with Crippen LogP contribution in [0.3, 0.4) is 0 Å². The first-order chi connectivity index (χ1) is 20.8. The van der Waals surface area contributed by atoms with Crippen molar-refractivity contribution in [3.63, 3.8) is 0 Å². The van der Waals surface area contributed by atoms with Gasteiger partial charge in [-0.1, -0.05) is 188 Å². The van der Waals surface area contributed by atoms with Crippen LogP contribution in [0.4, 0.5) is 0 Å². The van der Waals surface area contributed by atoms with Crippen molar-refractivity contribution in [3.05, 3.63) is 18.2 Å². The van der Waals surface area contributed by atoms with Crippen LogP contribution in [-0.4, -0.2) is 4.57 Å². The lowest BCUT2D eigenvalue weighted by Gasteiger charge is -2.07. The minimum Gasteiger partial charge on any atom is -0.234 e. The molecule has 0 saturated carbocycles. The summed E-state index contributed by atoms with van der Waals surface area (Å²) in [6.45, 7) is 9.40. The summed E-state index contributed by atoms with van der Waals surface area (Å²) in [5.74, 6) is 1.62. The summed E-state index contributed by atoms with van der Waals surface area (Å²) in [6, 6.07) is 0. The maximum Gasteiger partial charge on any atom is 0.256 e. The van der Waals surface area contributed by atoms with Gasteiger partial charge in [-0.05, 0) is 32.1 Å². The van der Waals surface area contributed by atoms with Crippen LogP contribution in [0, 0.1) is 0 Å². The molecule has 0 aromatic carbocycles. The molecule has 0 fully saturated rings. The highest BCUT2D eigenvalue weighted by Gasteiger charge is 2.16. The molecule has 248 valence electrons. The normalized spacial score (nSPS) is 11.6. The van der Waals surface area contributed by atoms with Gasteiger partial charge in [-0.25, -0.2) is 9.13 Å². The Morgan fingerprint density at radius 1 is 0.405 bits per heavy atom. The van der Waals surface area contributed by atoms with E-state index in [0.717, 1.165) is 0 Å². The predicted octanol–water partition coefficient (Wildman–Crippen LogP) is 13.5. The summed E-state index contributed by atoms with van der Waals surface area (Å²) in [7, 11) is 0. The zero-order chi connectivity index (χ0) is 30.2. The van der Waals surface area contributed by atoms with Gasteiger partial charge in [0.25, 0.3) is 5.82 Å². The molecule has 0 atom stereocenters. The molecule has 0 saturated heterocycles. The average Bonchev–Trinajstić information content (AvgIpc) is 3.38. The first-order valence-corrected chi connectivity index (χ1v) is 19.9. The van der Waals surface area contributed by atoms with Crippen molar-refractivity contribution >= 4 is 0 Å². The smallest absolute Gasteiger partial charge is 0.234 e. The summed E-state index contributed by atoms with van der Waals surface area (Å²) in [4.78, 5) is 0. The molecular formula is C40H79N2+. The number of aromatic nitrogens is 2. The van der Waals surface area contributed by atoms with Crippen molar-refractivity contribution in [2.45, 2.75) is 239 Å². The zero-order valence-corrected chi connectivity index (χ0v) is 29.6. The van der Waals surface area contributed by atoms with Gasteiger partial charge in [-0.15, -0.1) is 0 Å². The standard InChI is InChI=1S/C40H79N2/c1-4-7-10-13-16-18-19-20-21-22-23-25-28-31-34-37-42-39-38-41(36-33-30-27-24-17-14-11-8-5-2)40(42)35-32-29-26-15-12-9-6-3/h38-39H,4-37H2,1-3H3/q+1. The van der Waals surface area contributed by atoms with Crippen LogP contribution < -0.4 is 4.57 Å². The maximum absolute atomic E-state index is 2.63. The van der Waals surface area contributed by atoms with Crippen LogP contribution in [0.2, 0.25) is 0 Å². The van der Waals surface area contributed by atoms with Gasteiger partial charge in [-0.3, -0.25) is 0 Å². The lowest BCUT2D eigenvalue weighted by Crippen LogP contribution is -2.37. The quantitative estimate of drug-likeness (QED) is 0.0560. The lowest BCUT2D eigenvalue weighted by molar-refractivity contribution is -0.704. The van der Waals surface area contributed by atoms with Gasteiger partial charge in [0.15, 0.2) is 0 Å². The highest BCUT2D eigenvalue weighted by molar-refractivity contribution is 4.84. The Labute approximate surface area is 266 Å². The van der Waals surface area contributed by atoms with E-state index >= 15 is 0 Å². The van der Waals surface area contributed by atoms with Crippen molar-refractivity contribution in [1.82, 2.24) is 4.57 Å². The average molecular weight is 588 g/mol. The fraction of sp³-hybridized carbons (Fsp3) is 0.925. The number of unbranched alkanes of at least 4 members (excludes halogenated alkanes) is 28. The van der Waals surface area contributed by atoms with E-state index in [4.69, 9.17) is 0 Å². The van der Waals surface area contributed by atoms with Gasteiger partial charge in [-0.2, -0.15) is 0 Å². The summed E-state index contributed by atoms with van der Waals surface area (Å²) < 4.78 is 5.26. The second-order valence-electron chi connectivity index (χ2n) is 13.8. The zero-order valence-electron chi connectivity index (χ0n) is 29.6. The summed E-state index contributed by atoms with van der Waals surface area (Å²) in [6.07, 6.45) is 50.4. The van der Waals surface area contributed by atoms with E-state index in [1.807, 2.05) is 0 Å². The third kappa shape index (κ3) is 23.6. The largest absolute Gasteiger partial charge is 0.256 e. The van der Waals surface area contributed by atoms with E-state index in [0.29, 0.717) is 0 Å². The Bertz CT molecular complexity index is 648. The van der Waals surface area contributed by atoms with Crippen molar-refractivity contribution in [2.24, 2.45) is 0 Å². The third-order valence-electron chi connectivity index (χ3n) is 9.60. The fourth-order valence-corrected chi connectivity index (χ4v) is 6.68. The monoisotopic (exact) mass is 588 g/mol. The first kappa shape index (κ1) is 39.2. The molecule has 42 heavy (non-hydrogen) atoms. The Morgan fingerprint density at radius 2 is 0.738 bits per heavy atom. The number of hydrogen-bond acceptors (Lipinski definition) is 0. The molecular weight excluding hydrogens is 508 g/mol. The Kier molecular flexibility index (Phi) is 29.5. The Hall–Kier alpha value is -0.790. The van der Waals surface area contributed by atoms with Crippen molar-refractivity contribution < 1.29 is 4.57 Å². The molecule has 1 aromatic rings. The molecule has 1 rings (SSSR count). The van der Waals surface area contributed by atoms with Crippen LogP contribution >= 0.6 is 0 Å². The summed E-state index contributed by atoms with van der Waals surface area (Å²) >= 11 is 0. The molecule has 0 bridgehead atoms. The van der Waals surface area contributed by atoms with Crippen LogP contribution in [0.15, 0.2) is 12.4 Å². The van der Waals surface area contributed by atoms with Gasteiger partial charge < -0.3 is 0 Å². The van der Waals surface area contributed by atoms with E-state index in [-0.39, 0.29) is 0 Å². The predicted molar refractivity (Wildman–Crippen MR) is 188 cm³/mol. The van der Waals surface area contributed by atoms with E-state index < -0.39 is 0 Å². The molecule has 1 aromatic heterocycles. The molecule has 0 amide bonds. The highest BCUT2D eigenvalue weighted by atomic mass is 15.1. The van der Waals surface area contributed by atoms with Gasteiger partial charge in [0.1, 0.15) is 12.4 Å². The first-order valence-electron chi connectivity index (χ1n) is 19.9. The van der Waals surface area contributed by atoms with E-state index in [1.165, 1.54) is 219 Å². The molecule has 0 N–H and O–H groups in total. The van der Waals surface area contributed by atoms with Crippen molar-refractivity contribution in [3.8, 4) is 0 Å². The molecule has 2 heteroatoms. The molecule has 0 aliphatic rings. The maximum atomic E-state index is 2.63. The second-order valence-corrected chi connectivity index (χ2v) is 13.8. The van der Waals surface area contributed by atoms with E-state index in [2.05, 4.69) is 42.3 Å². The SMILES string of the molecule is CCCCCCCCCCCCCCCCCn1cc[n+](CCCCCCCCCCC)c1CCCCCCCCC. The number of hydrogen-bond donors (Lipinski definition) is 0. The number of rotatable bonds is 34. The van der Waals surface area contributed by atoms with Crippen LogP contribution in [0.5, 0.6) is 0 Å². The van der Waals surface area contributed by atoms with Gasteiger partial charge in [0.05, 0.1) is 13.1 Å². The molecule has 0 aliphatic heterocycles. The molecule has 2 nitrogen and oxygen atoms in total. The van der Waals surface area contributed by atoms with Gasteiger partial charge in [0, 0.05) is 6.42 Å². The summed E-state index contributed by atoms with van der Waals surface area (Å²) in [5, 5.41) is 0. The molecule has 1 heterocycles. The molecule has 0 unspecified atom stereocenters. The molecule has 0 radical (unpaired) electrons. The Balaban J connectivity index is 2.23. The van der Waals surface area contributed by atoms with Crippen molar-refractivity contribution in [1.29, 1.82) is 0 Å². The second kappa shape index (κ2) is 31.6. The van der Waals surface area contributed by atoms with Crippen molar-refractivity contribution in [2.75, 3.05) is 0 Å². The van der Waals surface area contributed by atoms with Gasteiger partial charge in [0.2, 0.25) is 0 Å². The lowest BCUT2D eigenvalue weighted by atomic mass is 10.0. The molecule has 0 spiro atoms. The Morgan fingerprint density at radius 3 is 1.14 bits per heavy atom.